The second-order valence-electron chi connectivity index (χ2n) is 7.95. The lowest BCUT2D eigenvalue weighted by atomic mass is 10.1. The Balaban J connectivity index is 1.68. The van der Waals surface area contributed by atoms with E-state index >= 15 is 0 Å². The summed E-state index contributed by atoms with van der Waals surface area (Å²) in [6, 6.07) is 16.1. The molecule has 3 heterocycles. The Kier molecular flexibility index (Phi) is 6.44. The first kappa shape index (κ1) is 21.2. The van der Waals surface area contributed by atoms with Crippen molar-refractivity contribution in [3.63, 3.8) is 0 Å². The number of hydrogen-bond acceptors (Lipinski definition) is 5. The Bertz CT molecular complexity index is 1150. The highest BCUT2D eigenvalue weighted by Crippen LogP contribution is 2.22. The molecule has 31 heavy (non-hydrogen) atoms. The largest absolute Gasteiger partial charge is 0.333 e. The summed E-state index contributed by atoms with van der Waals surface area (Å²) in [5.74, 6) is 0.0110. The molecule has 4 rings (SSSR count). The lowest BCUT2D eigenvalue weighted by Crippen LogP contribution is -2.36. The van der Waals surface area contributed by atoms with Gasteiger partial charge in [0.05, 0.1) is 23.7 Å². The van der Waals surface area contributed by atoms with E-state index in [4.69, 9.17) is 4.98 Å². The fraction of sp³-hybridized carbons (Fsp3) is 0.292. The molecular formula is C24H27N5OS. The molecule has 1 amide bonds. The zero-order chi connectivity index (χ0) is 21.8. The molecule has 0 saturated heterocycles. The lowest BCUT2D eigenvalue weighted by molar-refractivity contribution is 0.0734. The summed E-state index contributed by atoms with van der Waals surface area (Å²) < 4.78 is 1.88. The van der Waals surface area contributed by atoms with Gasteiger partial charge in [0.25, 0.3) is 5.91 Å². The summed E-state index contributed by atoms with van der Waals surface area (Å²) in [4.78, 5) is 23.6. The van der Waals surface area contributed by atoms with Crippen LogP contribution in [-0.2, 0) is 13.1 Å². The SMILES string of the molecule is Cc1cc(C(=O)N(CCN(C)C)Cc2ccccc2)c2cnn(Cc3cccs3)c2n1. The number of carbonyl (C=O) groups is 1. The molecule has 0 saturated carbocycles. The van der Waals surface area contributed by atoms with E-state index in [1.165, 1.54) is 4.88 Å². The average Bonchev–Trinajstić information content (AvgIpc) is 3.41. The van der Waals surface area contributed by atoms with Crippen LogP contribution in [0.1, 0.15) is 26.5 Å². The van der Waals surface area contributed by atoms with Gasteiger partial charge in [0, 0.05) is 30.2 Å². The van der Waals surface area contributed by atoms with Gasteiger partial charge in [0.2, 0.25) is 0 Å². The maximum atomic E-state index is 13.7. The van der Waals surface area contributed by atoms with Crippen LogP contribution in [0.15, 0.2) is 60.1 Å². The van der Waals surface area contributed by atoms with E-state index in [0.29, 0.717) is 25.2 Å². The molecule has 0 aliphatic rings. The summed E-state index contributed by atoms with van der Waals surface area (Å²) in [6.07, 6.45) is 1.77. The minimum absolute atomic E-state index is 0.0110. The van der Waals surface area contributed by atoms with Crippen molar-refractivity contribution in [3.8, 4) is 0 Å². The smallest absolute Gasteiger partial charge is 0.255 e. The molecular weight excluding hydrogens is 406 g/mol. The first-order valence-electron chi connectivity index (χ1n) is 10.3. The molecule has 1 aromatic carbocycles. The van der Waals surface area contributed by atoms with Crippen molar-refractivity contribution in [3.05, 3.63) is 81.8 Å². The zero-order valence-corrected chi connectivity index (χ0v) is 19.0. The number of hydrogen-bond donors (Lipinski definition) is 0. The zero-order valence-electron chi connectivity index (χ0n) is 18.2. The third-order valence-corrected chi connectivity index (χ3v) is 6.04. The number of benzene rings is 1. The topological polar surface area (TPSA) is 54.3 Å². The van der Waals surface area contributed by atoms with E-state index in [1.54, 1.807) is 17.5 Å². The second-order valence-corrected chi connectivity index (χ2v) is 8.98. The fourth-order valence-electron chi connectivity index (χ4n) is 3.56. The molecule has 0 bridgehead atoms. The average molecular weight is 434 g/mol. The number of aryl methyl sites for hydroxylation is 1. The highest BCUT2D eigenvalue weighted by molar-refractivity contribution is 7.09. The molecule has 3 aromatic heterocycles. The van der Waals surface area contributed by atoms with Crippen LogP contribution in [0.5, 0.6) is 0 Å². The maximum absolute atomic E-state index is 13.7. The normalized spacial score (nSPS) is 11.4. The van der Waals surface area contributed by atoms with E-state index in [0.717, 1.165) is 28.8 Å². The van der Waals surface area contributed by atoms with Gasteiger partial charge in [0.15, 0.2) is 5.65 Å². The van der Waals surface area contributed by atoms with Gasteiger partial charge in [-0.15, -0.1) is 11.3 Å². The Morgan fingerprint density at radius 3 is 2.61 bits per heavy atom. The molecule has 7 heteroatoms. The van der Waals surface area contributed by atoms with Crippen molar-refractivity contribution in [1.82, 2.24) is 24.6 Å². The van der Waals surface area contributed by atoms with E-state index in [2.05, 4.69) is 33.6 Å². The molecule has 0 aliphatic carbocycles. The number of likely N-dealkylation sites (N-methyl/N-ethyl adjacent to an activating group) is 1. The van der Waals surface area contributed by atoms with Crippen LogP contribution in [0.4, 0.5) is 0 Å². The fourth-order valence-corrected chi connectivity index (χ4v) is 4.25. The quantitative estimate of drug-likeness (QED) is 0.421. The Hall–Kier alpha value is -3.03. The molecule has 6 nitrogen and oxygen atoms in total. The minimum atomic E-state index is 0.0110. The first-order chi connectivity index (χ1) is 15.0. The molecule has 160 valence electrons. The summed E-state index contributed by atoms with van der Waals surface area (Å²) in [5.41, 5.74) is 3.35. The van der Waals surface area contributed by atoms with Crippen molar-refractivity contribution in [2.24, 2.45) is 0 Å². The van der Waals surface area contributed by atoms with Gasteiger partial charge in [-0.2, -0.15) is 5.10 Å². The summed E-state index contributed by atoms with van der Waals surface area (Å²) in [7, 11) is 4.04. The van der Waals surface area contributed by atoms with Crippen LogP contribution in [-0.4, -0.2) is 57.7 Å². The lowest BCUT2D eigenvalue weighted by Gasteiger charge is -2.25. The van der Waals surface area contributed by atoms with Crippen LogP contribution in [0.2, 0.25) is 0 Å². The molecule has 0 radical (unpaired) electrons. The van der Waals surface area contributed by atoms with Gasteiger partial charge in [-0.05, 0) is 44.1 Å². The number of nitrogens with zero attached hydrogens (tertiary/aromatic N) is 5. The minimum Gasteiger partial charge on any atom is -0.333 e. The number of thiophene rings is 1. The van der Waals surface area contributed by atoms with Gasteiger partial charge in [0.1, 0.15) is 0 Å². The monoisotopic (exact) mass is 433 g/mol. The third kappa shape index (κ3) is 5.00. The van der Waals surface area contributed by atoms with Crippen molar-refractivity contribution in [2.45, 2.75) is 20.0 Å². The van der Waals surface area contributed by atoms with Crippen molar-refractivity contribution >= 4 is 28.3 Å². The predicted octanol–water partition coefficient (Wildman–Crippen LogP) is 4.05. The van der Waals surface area contributed by atoms with E-state index in [1.807, 2.05) is 60.9 Å². The van der Waals surface area contributed by atoms with Gasteiger partial charge >= 0.3 is 0 Å². The molecule has 0 atom stereocenters. The van der Waals surface area contributed by atoms with Crippen LogP contribution in [0, 0.1) is 6.92 Å². The summed E-state index contributed by atoms with van der Waals surface area (Å²) in [6.45, 7) is 4.59. The number of rotatable bonds is 8. The van der Waals surface area contributed by atoms with Gasteiger partial charge < -0.3 is 9.80 Å². The van der Waals surface area contributed by atoms with Gasteiger partial charge in [-0.3, -0.25) is 4.79 Å². The highest BCUT2D eigenvalue weighted by atomic mass is 32.1. The number of pyridine rings is 1. The van der Waals surface area contributed by atoms with E-state index < -0.39 is 0 Å². The van der Waals surface area contributed by atoms with E-state index in [-0.39, 0.29) is 5.91 Å². The molecule has 0 fully saturated rings. The predicted molar refractivity (Wildman–Crippen MR) is 125 cm³/mol. The number of carbonyl (C=O) groups excluding carboxylic acids is 1. The second kappa shape index (κ2) is 9.41. The van der Waals surface area contributed by atoms with E-state index in [9.17, 15) is 4.79 Å². The summed E-state index contributed by atoms with van der Waals surface area (Å²) in [5, 5.41) is 7.41. The van der Waals surface area contributed by atoms with Crippen LogP contribution < -0.4 is 0 Å². The standard InChI is InChI=1S/C24H27N5OS/c1-18-14-21(22-15-25-29(23(22)26-18)17-20-10-7-13-31-20)24(30)28(12-11-27(2)3)16-19-8-5-4-6-9-19/h4-10,13-15H,11-12,16-17H2,1-3H3. The van der Waals surface area contributed by atoms with Gasteiger partial charge in [-0.1, -0.05) is 36.4 Å². The first-order valence-corrected chi connectivity index (χ1v) is 11.2. The highest BCUT2D eigenvalue weighted by Gasteiger charge is 2.21. The number of fused-ring (bicyclic) bond motifs is 1. The number of aromatic nitrogens is 3. The Labute approximate surface area is 186 Å². The molecule has 0 aliphatic heterocycles. The van der Waals surface area contributed by atoms with Gasteiger partial charge in [-0.25, -0.2) is 9.67 Å². The summed E-state index contributed by atoms with van der Waals surface area (Å²) >= 11 is 1.69. The van der Waals surface area contributed by atoms with Crippen LogP contribution in [0.25, 0.3) is 11.0 Å². The molecule has 0 spiro atoms. The third-order valence-electron chi connectivity index (χ3n) is 5.17. The Morgan fingerprint density at radius 2 is 1.90 bits per heavy atom. The Morgan fingerprint density at radius 1 is 1.10 bits per heavy atom. The van der Waals surface area contributed by atoms with Crippen LogP contribution in [0.3, 0.4) is 0 Å². The van der Waals surface area contributed by atoms with Crippen molar-refractivity contribution in [1.29, 1.82) is 0 Å². The maximum Gasteiger partial charge on any atom is 0.255 e. The van der Waals surface area contributed by atoms with Crippen LogP contribution >= 0.6 is 11.3 Å². The number of amides is 1. The van der Waals surface area contributed by atoms with Crippen molar-refractivity contribution in [2.75, 3.05) is 27.2 Å². The van der Waals surface area contributed by atoms with Crippen molar-refractivity contribution < 1.29 is 4.79 Å². The molecule has 0 N–H and O–H groups in total. The molecule has 0 unspecified atom stereocenters. The molecule has 4 aromatic rings.